The number of rotatable bonds is 6. The predicted octanol–water partition coefficient (Wildman–Crippen LogP) is 1.60. The lowest BCUT2D eigenvalue weighted by molar-refractivity contribution is -0.109. The third-order valence-corrected chi connectivity index (χ3v) is 4.23. The molecule has 0 bridgehead atoms. The molecule has 1 aromatic heterocycles. The third-order valence-electron chi connectivity index (χ3n) is 2.47. The molecule has 0 aliphatic heterocycles. The molecule has 0 aliphatic carbocycles. The molecule has 0 amide bonds. The van der Waals surface area contributed by atoms with Gasteiger partial charge in [0.25, 0.3) is 0 Å². The summed E-state index contributed by atoms with van der Waals surface area (Å²) in [6, 6.07) is 1.59. The van der Waals surface area contributed by atoms with Crippen LogP contribution in [0.1, 0.15) is 34.7 Å². The van der Waals surface area contributed by atoms with E-state index in [-0.39, 0.29) is 16.4 Å². The van der Waals surface area contributed by atoms with Gasteiger partial charge in [0.2, 0.25) is 0 Å². The van der Waals surface area contributed by atoms with Crippen LogP contribution in [0, 0.1) is 0 Å². The molecule has 7 heteroatoms. The van der Waals surface area contributed by atoms with E-state index in [4.69, 9.17) is 0 Å². The highest BCUT2D eigenvalue weighted by Crippen LogP contribution is 2.28. The molecule has 1 heterocycles. The minimum atomic E-state index is -1.16. The van der Waals surface area contributed by atoms with E-state index in [2.05, 4.69) is 4.74 Å². The van der Waals surface area contributed by atoms with Crippen LogP contribution >= 0.6 is 23.1 Å². The maximum atomic E-state index is 11.5. The fourth-order valence-corrected chi connectivity index (χ4v) is 3.00. The van der Waals surface area contributed by atoms with Gasteiger partial charge in [0, 0.05) is 18.2 Å². The molecule has 0 aromatic carbocycles. The zero-order valence-corrected chi connectivity index (χ0v) is 12.3. The summed E-state index contributed by atoms with van der Waals surface area (Å²) in [4.78, 5) is 22.5. The number of thioether (sulfide) groups is 1. The van der Waals surface area contributed by atoms with Crippen LogP contribution in [-0.2, 0) is 9.53 Å². The van der Waals surface area contributed by atoms with Crippen LogP contribution in [0.4, 0.5) is 0 Å². The van der Waals surface area contributed by atoms with Crippen LogP contribution in [0.3, 0.4) is 0 Å². The molecule has 0 spiro atoms. The van der Waals surface area contributed by atoms with E-state index in [9.17, 15) is 19.8 Å². The molecule has 2 unspecified atom stereocenters. The molecule has 2 N–H and O–H groups in total. The lowest BCUT2D eigenvalue weighted by atomic mass is 10.0. The molecule has 0 aliphatic rings. The number of aliphatic hydroxyl groups is 2. The van der Waals surface area contributed by atoms with Crippen molar-refractivity contribution in [3.8, 4) is 0 Å². The average molecular weight is 304 g/mol. The standard InChI is InChI=1S/C12H16O5S2/c1-7(13)18-6-4-9(14)10(15)8-3-5-19-11(8)12(16)17-2/h3,5,9-10,14-15H,4,6H2,1-2H3. The van der Waals surface area contributed by atoms with Gasteiger partial charge in [0.05, 0.1) is 13.2 Å². The summed E-state index contributed by atoms with van der Waals surface area (Å²) >= 11 is 2.24. The highest BCUT2D eigenvalue weighted by Gasteiger charge is 2.25. The number of hydrogen-bond acceptors (Lipinski definition) is 7. The lowest BCUT2D eigenvalue weighted by Crippen LogP contribution is -2.20. The SMILES string of the molecule is COC(=O)c1sccc1C(O)C(O)CCSC(C)=O. The number of hydrogen-bond donors (Lipinski definition) is 2. The van der Waals surface area contributed by atoms with Gasteiger partial charge in [-0.15, -0.1) is 11.3 Å². The van der Waals surface area contributed by atoms with E-state index in [1.165, 1.54) is 14.0 Å². The largest absolute Gasteiger partial charge is 0.465 e. The molecular formula is C12H16O5S2. The smallest absolute Gasteiger partial charge is 0.348 e. The van der Waals surface area contributed by atoms with Gasteiger partial charge in [0.1, 0.15) is 11.0 Å². The first-order valence-corrected chi connectivity index (χ1v) is 7.49. The van der Waals surface area contributed by atoms with Gasteiger partial charge in [-0.1, -0.05) is 11.8 Å². The van der Waals surface area contributed by atoms with Gasteiger partial charge in [-0.2, -0.15) is 0 Å². The Kier molecular flexibility index (Phi) is 6.50. The number of thiophene rings is 1. The summed E-state index contributed by atoms with van der Waals surface area (Å²) in [5.74, 6) is -0.111. The van der Waals surface area contributed by atoms with Crippen molar-refractivity contribution in [3.63, 3.8) is 0 Å². The fourth-order valence-electron chi connectivity index (χ4n) is 1.50. The van der Waals surface area contributed by atoms with Crippen molar-refractivity contribution in [3.05, 3.63) is 21.9 Å². The van der Waals surface area contributed by atoms with Gasteiger partial charge in [0.15, 0.2) is 5.12 Å². The van der Waals surface area contributed by atoms with Gasteiger partial charge >= 0.3 is 5.97 Å². The topological polar surface area (TPSA) is 83.8 Å². The Bertz CT molecular complexity index is 443. The molecule has 5 nitrogen and oxygen atoms in total. The number of ether oxygens (including phenoxy) is 1. The van der Waals surface area contributed by atoms with E-state index in [0.29, 0.717) is 11.3 Å². The van der Waals surface area contributed by atoms with E-state index >= 15 is 0 Å². The second-order valence-corrected chi connectivity index (χ2v) is 6.03. The van der Waals surface area contributed by atoms with Gasteiger partial charge in [-0.05, 0) is 17.9 Å². The molecule has 1 aromatic rings. The zero-order valence-electron chi connectivity index (χ0n) is 10.7. The summed E-state index contributed by atoms with van der Waals surface area (Å²) in [7, 11) is 1.26. The quantitative estimate of drug-likeness (QED) is 0.777. The Morgan fingerprint density at radius 3 is 2.74 bits per heavy atom. The van der Waals surface area contributed by atoms with E-state index < -0.39 is 18.2 Å². The van der Waals surface area contributed by atoms with Crippen molar-refractivity contribution in [1.82, 2.24) is 0 Å². The Morgan fingerprint density at radius 1 is 1.47 bits per heavy atom. The molecule has 106 valence electrons. The predicted molar refractivity (Wildman–Crippen MR) is 74.4 cm³/mol. The van der Waals surface area contributed by atoms with Crippen molar-refractivity contribution >= 4 is 34.2 Å². The number of carbonyl (C=O) groups excluding carboxylic acids is 2. The second-order valence-electron chi connectivity index (χ2n) is 3.84. The summed E-state index contributed by atoms with van der Waals surface area (Å²) in [5, 5.41) is 21.5. The van der Waals surface area contributed by atoms with Gasteiger partial charge in [-0.25, -0.2) is 4.79 Å². The van der Waals surface area contributed by atoms with Crippen LogP contribution in [0.15, 0.2) is 11.4 Å². The summed E-state index contributed by atoms with van der Waals surface area (Å²) < 4.78 is 4.61. The van der Waals surface area contributed by atoms with Crippen LogP contribution < -0.4 is 0 Å². The van der Waals surface area contributed by atoms with Crippen LogP contribution in [0.2, 0.25) is 0 Å². The number of esters is 1. The molecule has 0 saturated carbocycles. The maximum absolute atomic E-state index is 11.5. The van der Waals surface area contributed by atoms with Crippen LogP contribution in [-0.4, -0.2) is 40.3 Å². The highest BCUT2D eigenvalue weighted by atomic mass is 32.2. The Balaban J connectivity index is 2.66. The fraction of sp³-hybridized carbons (Fsp3) is 0.500. The first-order valence-electron chi connectivity index (χ1n) is 5.62. The molecule has 0 radical (unpaired) electrons. The van der Waals surface area contributed by atoms with E-state index in [0.717, 1.165) is 23.1 Å². The molecule has 19 heavy (non-hydrogen) atoms. The van der Waals surface area contributed by atoms with Crippen LogP contribution in [0.5, 0.6) is 0 Å². The van der Waals surface area contributed by atoms with Gasteiger partial charge < -0.3 is 14.9 Å². The van der Waals surface area contributed by atoms with Crippen LogP contribution in [0.25, 0.3) is 0 Å². The zero-order chi connectivity index (χ0) is 14.4. The number of aliphatic hydroxyl groups excluding tert-OH is 2. The maximum Gasteiger partial charge on any atom is 0.348 e. The first-order chi connectivity index (χ1) is 8.97. The van der Waals surface area contributed by atoms with E-state index in [1.807, 2.05) is 0 Å². The molecule has 0 fully saturated rings. The van der Waals surface area contributed by atoms with Crippen molar-refractivity contribution < 1.29 is 24.5 Å². The minimum Gasteiger partial charge on any atom is -0.465 e. The Morgan fingerprint density at radius 2 is 2.16 bits per heavy atom. The molecule has 2 atom stereocenters. The normalized spacial score (nSPS) is 13.9. The first kappa shape index (κ1) is 16.2. The van der Waals surface area contributed by atoms with Crippen molar-refractivity contribution in [2.45, 2.75) is 25.6 Å². The number of methoxy groups -OCH3 is 1. The Hall–Kier alpha value is -0.890. The minimum absolute atomic E-state index is 0.0347. The molecule has 0 saturated heterocycles. The van der Waals surface area contributed by atoms with Crippen molar-refractivity contribution in [2.24, 2.45) is 0 Å². The monoisotopic (exact) mass is 304 g/mol. The second kappa shape index (κ2) is 7.64. The summed E-state index contributed by atoms with van der Waals surface area (Å²) in [6.45, 7) is 1.45. The third kappa shape index (κ3) is 4.61. The van der Waals surface area contributed by atoms with Gasteiger partial charge in [-0.3, -0.25) is 4.79 Å². The summed E-state index contributed by atoms with van der Waals surface area (Å²) in [6.07, 6.45) is -1.92. The van der Waals surface area contributed by atoms with Crippen molar-refractivity contribution in [2.75, 3.05) is 12.9 Å². The lowest BCUT2D eigenvalue weighted by Gasteiger charge is -2.17. The summed E-state index contributed by atoms with van der Waals surface area (Å²) in [5.41, 5.74) is 0.358. The number of carbonyl (C=O) groups is 2. The van der Waals surface area contributed by atoms with E-state index in [1.54, 1.807) is 11.4 Å². The Labute approximate surface area is 119 Å². The highest BCUT2D eigenvalue weighted by molar-refractivity contribution is 8.13. The van der Waals surface area contributed by atoms with Crippen molar-refractivity contribution in [1.29, 1.82) is 0 Å². The molecular weight excluding hydrogens is 288 g/mol. The molecule has 1 rings (SSSR count). The average Bonchev–Trinajstić information content (AvgIpc) is 2.85.